The summed E-state index contributed by atoms with van der Waals surface area (Å²) in [5.41, 5.74) is 7.42. The van der Waals surface area contributed by atoms with Gasteiger partial charge in [0, 0.05) is 6.54 Å². The van der Waals surface area contributed by atoms with Crippen molar-refractivity contribution >= 4 is 11.6 Å². The molecule has 0 radical (unpaired) electrons. The molecule has 1 saturated carbocycles. The Morgan fingerprint density at radius 1 is 1.48 bits per heavy atom. The number of nitrogens with zero attached hydrogens (tertiary/aromatic N) is 1. The molecule has 0 atom stereocenters. The monoisotopic (exact) mass is 285 g/mol. The highest BCUT2D eigenvalue weighted by atomic mass is 16.2. The molecule has 112 valence electrons. The van der Waals surface area contributed by atoms with Gasteiger partial charge in [-0.2, -0.15) is 5.26 Å². The van der Waals surface area contributed by atoms with Gasteiger partial charge in [0.05, 0.1) is 16.7 Å². The number of amides is 1. The molecule has 1 amide bonds. The Morgan fingerprint density at radius 3 is 2.71 bits per heavy atom. The second kappa shape index (κ2) is 6.28. The fourth-order valence-electron chi connectivity index (χ4n) is 3.01. The fourth-order valence-corrected chi connectivity index (χ4v) is 3.01. The van der Waals surface area contributed by atoms with Gasteiger partial charge in [0.25, 0.3) is 0 Å². The average molecular weight is 285 g/mol. The maximum Gasteiger partial charge on any atom is 0.231 e. The minimum atomic E-state index is -0.483. The lowest BCUT2D eigenvalue weighted by Gasteiger charge is -2.37. The first-order chi connectivity index (χ1) is 10.0. The lowest BCUT2D eigenvalue weighted by atomic mass is 9.70. The van der Waals surface area contributed by atoms with E-state index in [1.165, 1.54) is 0 Å². The highest BCUT2D eigenvalue weighted by Crippen LogP contribution is 2.39. The number of rotatable bonds is 3. The molecule has 0 spiro atoms. The molecule has 0 saturated heterocycles. The second-order valence-electron chi connectivity index (χ2n) is 6.23. The van der Waals surface area contributed by atoms with Gasteiger partial charge in [0.1, 0.15) is 6.07 Å². The van der Waals surface area contributed by atoms with Crippen molar-refractivity contribution in [3.05, 3.63) is 29.3 Å². The standard InChI is InChI=1S/C17H23N3O/c1-12-6-8-17(11-19,9-7-12)16(21)20-15-5-3-4-13(2)14(15)10-18/h3-5,12H,6-9,11,19H2,1-2H3,(H,20,21). The zero-order valence-electron chi connectivity index (χ0n) is 12.8. The van der Waals surface area contributed by atoms with E-state index in [0.717, 1.165) is 31.2 Å². The number of nitriles is 1. The predicted octanol–water partition coefficient (Wildman–Crippen LogP) is 2.96. The van der Waals surface area contributed by atoms with Gasteiger partial charge < -0.3 is 11.1 Å². The first kappa shape index (κ1) is 15.5. The third kappa shape index (κ3) is 3.08. The molecule has 1 aliphatic carbocycles. The predicted molar refractivity (Wildman–Crippen MR) is 83.6 cm³/mol. The van der Waals surface area contributed by atoms with Crippen molar-refractivity contribution in [1.29, 1.82) is 5.26 Å². The Kier molecular flexibility index (Phi) is 4.64. The molecule has 1 fully saturated rings. The molecule has 0 bridgehead atoms. The first-order valence-corrected chi connectivity index (χ1v) is 7.53. The molecule has 1 aliphatic rings. The number of anilines is 1. The number of nitrogens with one attached hydrogen (secondary N) is 1. The minimum Gasteiger partial charge on any atom is -0.329 e. The van der Waals surface area contributed by atoms with Crippen LogP contribution in [0.25, 0.3) is 0 Å². The van der Waals surface area contributed by atoms with Gasteiger partial charge in [-0.25, -0.2) is 0 Å². The Hall–Kier alpha value is -1.86. The molecule has 1 aromatic rings. The van der Waals surface area contributed by atoms with E-state index in [2.05, 4.69) is 18.3 Å². The molecule has 1 aromatic carbocycles. The number of benzene rings is 1. The zero-order chi connectivity index (χ0) is 15.5. The molecule has 4 heteroatoms. The Balaban J connectivity index is 2.21. The number of aryl methyl sites for hydroxylation is 1. The molecule has 0 aromatic heterocycles. The van der Waals surface area contributed by atoms with Crippen LogP contribution in [0.15, 0.2) is 18.2 Å². The summed E-state index contributed by atoms with van der Waals surface area (Å²) in [5, 5.41) is 12.2. The van der Waals surface area contributed by atoms with Gasteiger partial charge in [-0.1, -0.05) is 19.1 Å². The van der Waals surface area contributed by atoms with Gasteiger partial charge in [0.15, 0.2) is 0 Å². The summed E-state index contributed by atoms with van der Waals surface area (Å²) < 4.78 is 0. The van der Waals surface area contributed by atoms with E-state index >= 15 is 0 Å². The van der Waals surface area contributed by atoms with Crippen LogP contribution in [-0.2, 0) is 4.79 Å². The van der Waals surface area contributed by atoms with Crippen LogP contribution in [-0.4, -0.2) is 12.5 Å². The molecule has 0 heterocycles. The van der Waals surface area contributed by atoms with E-state index in [1.54, 1.807) is 6.07 Å². The van der Waals surface area contributed by atoms with Crippen LogP contribution >= 0.6 is 0 Å². The van der Waals surface area contributed by atoms with Gasteiger partial charge in [-0.15, -0.1) is 0 Å². The number of hydrogen-bond donors (Lipinski definition) is 2. The number of carbonyl (C=O) groups is 1. The van der Waals surface area contributed by atoms with Crippen molar-refractivity contribution < 1.29 is 4.79 Å². The van der Waals surface area contributed by atoms with Crippen molar-refractivity contribution in [3.63, 3.8) is 0 Å². The molecule has 3 N–H and O–H groups in total. The normalized spacial score (nSPS) is 25.1. The average Bonchev–Trinajstić information content (AvgIpc) is 2.48. The van der Waals surface area contributed by atoms with Crippen LogP contribution in [0.3, 0.4) is 0 Å². The summed E-state index contributed by atoms with van der Waals surface area (Å²) in [6, 6.07) is 7.66. The maximum atomic E-state index is 12.7. The highest BCUT2D eigenvalue weighted by molar-refractivity contribution is 5.96. The number of carbonyl (C=O) groups excluding carboxylic acids is 1. The van der Waals surface area contributed by atoms with E-state index in [4.69, 9.17) is 5.73 Å². The Labute approximate surface area is 126 Å². The number of nitrogens with two attached hydrogens (primary N) is 1. The van der Waals surface area contributed by atoms with Crippen molar-refractivity contribution in [2.75, 3.05) is 11.9 Å². The summed E-state index contributed by atoms with van der Waals surface area (Å²) in [7, 11) is 0. The third-order valence-electron chi connectivity index (χ3n) is 4.74. The molecule has 2 rings (SSSR count). The zero-order valence-corrected chi connectivity index (χ0v) is 12.8. The van der Waals surface area contributed by atoms with Crippen molar-refractivity contribution in [2.45, 2.75) is 39.5 Å². The van der Waals surface area contributed by atoms with Crippen LogP contribution in [0.5, 0.6) is 0 Å². The van der Waals surface area contributed by atoms with Crippen LogP contribution in [0.1, 0.15) is 43.7 Å². The quantitative estimate of drug-likeness (QED) is 0.896. The molecule has 4 nitrogen and oxygen atoms in total. The smallest absolute Gasteiger partial charge is 0.231 e. The van der Waals surface area contributed by atoms with Crippen molar-refractivity contribution in [2.24, 2.45) is 17.1 Å². The fraction of sp³-hybridized carbons (Fsp3) is 0.529. The SMILES string of the molecule is Cc1cccc(NC(=O)C2(CN)CCC(C)CC2)c1C#N. The van der Waals surface area contributed by atoms with Gasteiger partial charge in [0.2, 0.25) is 5.91 Å². The van der Waals surface area contributed by atoms with E-state index < -0.39 is 5.41 Å². The van der Waals surface area contributed by atoms with E-state index in [1.807, 2.05) is 19.1 Å². The van der Waals surface area contributed by atoms with E-state index in [-0.39, 0.29) is 5.91 Å². The third-order valence-corrected chi connectivity index (χ3v) is 4.74. The summed E-state index contributed by atoms with van der Waals surface area (Å²) in [4.78, 5) is 12.7. The Morgan fingerprint density at radius 2 is 2.14 bits per heavy atom. The first-order valence-electron chi connectivity index (χ1n) is 7.53. The molecule has 0 aliphatic heterocycles. The lowest BCUT2D eigenvalue weighted by molar-refractivity contribution is -0.127. The second-order valence-corrected chi connectivity index (χ2v) is 6.23. The van der Waals surface area contributed by atoms with E-state index in [0.29, 0.717) is 23.7 Å². The lowest BCUT2D eigenvalue weighted by Crippen LogP contribution is -2.45. The molecule has 21 heavy (non-hydrogen) atoms. The largest absolute Gasteiger partial charge is 0.329 e. The number of hydrogen-bond acceptors (Lipinski definition) is 3. The van der Waals surface area contributed by atoms with E-state index in [9.17, 15) is 10.1 Å². The molecular weight excluding hydrogens is 262 g/mol. The highest BCUT2D eigenvalue weighted by Gasteiger charge is 2.40. The van der Waals surface area contributed by atoms with Gasteiger partial charge >= 0.3 is 0 Å². The maximum absolute atomic E-state index is 12.7. The summed E-state index contributed by atoms with van der Waals surface area (Å²) in [5.74, 6) is 0.616. The summed E-state index contributed by atoms with van der Waals surface area (Å²) >= 11 is 0. The Bertz CT molecular complexity index is 566. The van der Waals surface area contributed by atoms with Crippen LogP contribution in [0.4, 0.5) is 5.69 Å². The van der Waals surface area contributed by atoms with Gasteiger partial charge in [-0.05, 0) is 50.2 Å². The van der Waals surface area contributed by atoms with Crippen LogP contribution in [0.2, 0.25) is 0 Å². The molecular formula is C17H23N3O. The topological polar surface area (TPSA) is 78.9 Å². The summed E-state index contributed by atoms with van der Waals surface area (Å²) in [6.45, 7) is 4.45. The minimum absolute atomic E-state index is 0.0426. The van der Waals surface area contributed by atoms with Crippen molar-refractivity contribution in [3.8, 4) is 6.07 Å². The van der Waals surface area contributed by atoms with Crippen molar-refractivity contribution in [1.82, 2.24) is 0 Å². The van der Waals surface area contributed by atoms with Crippen LogP contribution in [0, 0.1) is 29.6 Å². The summed E-state index contributed by atoms with van der Waals surface area (Å²) in [6.07, 6.45) is 3.71. The van der Waals surface area contributed by atoms with Gasteiger partial charge in [-0.3, -0.25) is 4.79 Å². The molecule has 0 unspecified atom stereocenters. The van der Waals surface area contributed by atoms with Crippen LogP contribution < -0.4 is 11.1 Å².